The lowest BCUT2D eigenvalue weighted by molar-refractivity contribution is -0.142. The van der Waals surface area contributed by atoms with E-state index < -0.39 is 0 Å². The zero-order valence-corrected chi connectivity index (χ0v) is 12.5. The molecule has 0 atom stereocenters. The van der Waals surface area contributed by atoms with Crippen molar-refractivity contribution < 1.29 is 19.1 Å². The smallest absolute Gasteiger partial charge is 0.307 e. The van der Waals surface area contributed by atoms with E-state index >= 15 is 0 Å². The van der Waals surface area contributed by atoms with E-state index in [4.69, 9.17) is 4.74 Å². The van der Waals surface area contributed by atoms with Crippen molar-refractivity contribution in [1.29, 1.82) is 0 Å². The van der Waals surface area contributed by atoms with Gasteiger partial charge in [-0.3, -0.25) is 9.59 Å². The van der Waals surface area contributed by atoms with Crippen molar-refractivity contribution >= 4 is 11.9 Å². The molecule has 0 bridgehead atoms. The summed E-state index contributed by atoms with van der Waals surface area (Å²) in [6.07, 6.45) is 8.16. The summed E-state index contributed by atoms with van der Waals surface area (Å²) in [6, 6.07) is 0. The van der Waals surface area contributed by atoms with Gasteiger partial charge in [0.2, 0.25) is 5.91 Å². The average molecular weight is 283 g/mol. The summed E-state index contributed by atoms with van der Waals surface area (Å²) in [5.74, 6) is -0.370. The van der Waals surface area contributed by atoms with Crippen LogP contribution < -0.4 is 0 Å². The van der Waals surface area contributed by atoms with Crippen LogP contribution in [-0.4, -0.2) is 50.7 Å². The number of ether oxygens (including phenoxy) is 2. The standard InChI is InChI=1S/C15H25NO4/c1-19-12-14(17)16(11-9-15(18)20-2)10-8-13-6-4-3-5-7-13/h6H,3-5,7-12H2,1-2H3. The molecule has 0 aromatic heterocycles. The lowest BCUT2D eigenvalue weighted by Crippen LogP contribution is -2.36. The van der Waals surface area contributed by atoms with E-state index in [2.05, 4.69) is 10.8 Å². The minimum atomic E-state index is -0.294. The fourth-order valence-corrected chi connectivity index (χ4v) is 2.31. The fourth-order valence-electron chi connectivity index (χ4n) is 2.31. The highest BCUT2D eigenvalue weighted by Crippen LogP contribution is 2.20. The number of carbonyl (C=O) groups is 2. The van der Waals surface area contributed by atoms with Gasteiger partial charge in [0.15, 0.2) is 0 Å². The molecular formula is C15H25NO4. The number of allylic oxidation sites excluding steroid dienone is 1. The zero-order valence-electron chi connectivity index (χ0n) is 12.5. The molecule has 20 heavy (non-hydrogen) atoms. The normalized spacial score (nSPS) is 14.6. The van der Waals surface area contributed by atoms with Gasteiger partial charge in [0.05, 0.1) is 13.5 Å². The number of hydrogen-bond acceptors (Lipinski definition) is 4. The number of esters is 1. The second kappa shape index (κ2) is 9.53. The summed E-state index contributed by atoms with van der Waals surface area (Å²) < 4.78 is 9.50. The molecule has 0 fully saturated rings. The third-order valence-corrected chi connectivity index (χ3v) is 3.52. The van der Waals surface area contributed by atoms with Crippen LogP contribution in [0.3, 0.4) is 0 Å². The van der Waals surface area contributed by atoms with Crippen LogP contribution in [0.1, 0.15) is 38.5 Å². The third-order valence-electron chi connectivity index (χ3n) is 3.52. The van der Waals surface area contributed by atoms with Crippen molar-refractivity contribution in [2.45, 2.75) is 38.5 Å². The number of carbonyl (C=O) groups excluding carboxylic acids is 2. The molecule has 0 radical (unpaired) electrons. The van der Waals surface area contributed by atoms with Crippen molar-refractivity contribution in [2.24, 2.45) is 0 Å². The second-order valence-electron chi connectivity index (χ2n) is 5.00. The maximum Gasteiger partial charge on any atom is 0.307 e. The Morgan fingerprint density at radius 2 is 2.05 bits per heavy atom. The molecule has 1 aliphatic rings. The Hall–Kier alpha value is -1.36. The first-order chi connectivity index (χ1) is 9.67. The van der Waals surface area contributed by atoms with Crippen molar-refractivity contribution in [3.63, 3.8) is 0 Å². The van der Waals surface area contributed by atoms with Gasteiger partial charge >= 0.3 is 5.97 Å². The summed E-state index contributed by atoms with van der Waals surface area (Å²) in [7, 11) is 2.86. The number of nitrogens with zero attached hydrogens (tertiary/aromatic N) is 1. The lowest BCUT2D eigenvalue weighted by Gasteiger charge is -2.23. The van der Waals surface area contributed by atoms with Gasteiger partial charge in [-0.15, -0.1) is 0 Å². The highest BCUT2D eigenvalue weighted by Gasteiger charge is 2.16. The van der Waals surface area contributed by atoms with Gasteiger partial charge in [-0.1, -0.05) is 11.6 Å². The molecule has 0 aromatic rings. The number of methoxy groups -OCH3 is 2. The fraction of sp³-hybridized carbons (Fsp3) is 0.733. The SMILES string of the molecule is COCC(=O)N(CCC(=O)OC)CCC1=CCCCC1. The maximum absolute atomic E-state index is 11.9. The zero-order chi connectivity index (χ0) is 14.8. The van der Waals surface area contributed by atoms with Crippen LogP contribution in [0.2, 0.25) is 0 Å². The molecule has 1 rings (SSSR count). The van der Waals surface area contributed by atoms with Gasteiger partial charge in [0, 0.05) is 20.2 Å². The van der Waals surface area contributed by atoms with Crippen LogP contribution in [0, 0.1) is 0 Å². The van der Waals surface area contributed by atoms with Crippen LogP contribution in [-0.2, 0) is 19.1 Å². The Bertz CT molecular complexity index is 352. The van der Waals surface area contributed by atoms with E-state index in [-0.39, 0.29) is 24.9 Å². The molecule has 5 nitrogen and oxygen atoms in total. The summed E-state index contributed by atoms with van der Waals surface area (Å²) in [5, 5.41) is 0. The molecule has 0 aliphatic heterocycles. The quantitative estimate of drug-likeness (QED) is 0.504. The molecule has 1 aliphatic carbocycles. The Balaban J connectivity index is 2.46. The highest BCUT2D eigenvalue weighted by molar-refractivity contribution is 5.78. The monoisotopic (exact) mass is 283 g/mol. The highest BCUT2D eigenvalue weighted by atomic mass is 16.5. The molecule has 0 N–H and O–H groups in total. The van der Waals surface area contributed by atoms with E-state index in [1.54, 1.807) is 4.90 Å². The Morgan fingerprint density at radius 3 is 2.65 bits per heavy atom. The average Bonchev–Trinajstić information content (AvgIpc) is 2.48. The first kappa shape index (κ1) is 16.7. The number of hydrogen-bond donors (Lipinski definition) is 0. The predicted molar refractivity (Wildman–Crippen MR) is 76.3 cm³/mol. The van der Waals surface area contributed by atoms with Crippen LogP contribution in [0.5, 0.6) is 0 Å². The summed E-state index contributed by atoms with van der Waals surface area (Å²) in [4.78, 5) is 24.8. The van der Waals surface area contributed by atoms with E-state index in [1.807, 2.05) is 0 Å². The van der Waals surface area contributed by atoms with Crippen LogP contribution in [0.15, 0.2) is 11.6 Å². The first-order valence-corrected chi connectivity index (χ1v) is 7.18. The Morgan fingerprint density at radius 1 is 1.25 bits per heavy atom. The molecule has 114 valence electrons. The van der Waals surface area contributed by atoms with E-state index in [9.17, 15) is 9.59 Å². The molecule has 5 heteroatoms. The number of rotatable bonds is 8. The van der Waals surface area contributed by atoms with Crippen LogP contribution >= 0.6 is 0 Å². The molecule has 0 aromatic carbocycles. The molecule has 1 amide bonds. The molecule has 0 heterocycles. The summed E-state index contributed by atoms with van der Waals surface area (Å²) in [6.45, 7) is 1.09. The predicted octanol–water partition coefficient (Wildman–Crippen LogP) is 1.91. The van der Waals surface area contributed by atoms with Crippen molar-refractivity contribution in [3.8, 4) is 0 Å². The minimum Gasteiger partial charge on any atom is -0.469 e. The minimum absolute atomic E-state index is 0.0558. The second-order valence-corrected chi connectivity index (χ2v) is 5.00. The molecule has 0 spiro atoms. The van der Waals surface area contributed by atoms with Gasteiger partial charge in [-0.05, 0) is 32.1 Å². The van der Waals surface area contributed by atoms with E-state index in [0.29, 0.717) is 13.1 Å². The van der Waals surface area contributed by atoms with Crippen LogP contribution in [0.25, 0.3) is 0 Å². The Kier molecular flexibility index (Phi) is 7.95. The third kappa shape index (κ3) is 6.19. The summed E-state index contributed by atoms with van der Waals surface area (Å²) >= 11 is 0. The topological polar surface area (TPSA) is 55.8 Å². The van der Waals surface area contributed by atoms with Crippen molar-refractivity contribution in [2.75, 3.05) is 33.9 Å². The molecule has 0 unspecified atom stereocenters. The van der Waals surface area contributed by atoms with E-state index in [1.165, 1.54) is 32.6 Å². The van der Waals surface area contributed by atoms with Crippen molar-refractivity contribution in [3.05, 3.63) is 11.6 Å². The molecule has 0 saturated carbocycles. The van der Waals surface area contributed by atoms with Crippen molar-refractivity contribution in [1.82, 2.24) is 4.90 Å². The van der Waals surface area contributed by atoms with Crippen LogP contribution in [0.4, 0.5) is 0 Å². The molecule has 0 saturated heterocycles. The largest absolute Gasteiger partial charge is 0.469 e. The van der Waals surface area contributed by atoms with Gasteiger partial charge in [0.1, 0.15) is 6.61 Å². The van der Waals surface area contributed by atoms with Gasteiger partial charge in [0.25, 0.3) is 0 Å². The summed E-state index contributed by atoms with van der Waals surface area (Å²) in [5.41, 5.74) is 1.42. The first-order valence-electron chi connectivity index (χ1n) is 7.18. The Labute approximate surface area is 120 Å². The van der Waals surface area contributed by atoms with Gasteiger partial charge in [-0.25, -0.2) is 0 Å². The number of amides is 1. The lowest BCUT2D eigenvalue weighted by atomic mass is 9.97. The molecular weight excluding hydrogens is 258 g/mol. The van der Waals surface area contributed by atoms with Gasteiger partial charge in [-0.2, -0.15) is 0 Å². The van der Waals surface area contributed by atoms with Gasteiger partial charge < -0.3 is 14.4 Å². The maximum atomic E-state index is 11.9. The van der Waals surface area contributed by atoms with E-state index in [0.717, 1.165) is 19.3 Å².